The highest BCUT2D eigenvalue weighted by Gasteiger charge is 2.14. The molecule has 0 aliphatic carbocycles. The molecule has 0 fully saturated rings. The lowest BCUT2D eigenvalue weighted by atomic mass is 9.99. The van der Waals surface area contributed by atoms with E-state index in [1.54, 1.807) is 12.1 Å². The van der Waals surface area contributed by atoms with E-state index in [0.29, 0.717) is 0 Å². The van der Waals surface area contributed by atoms with Gasteiger partial charge in [-0.25, -0.2) is 4.39 Å². The Balaban J connectivity index is 2.28. The van der Waals surface area contributed by atoms with Gasteiger partial charge < -0.3 is 5.11 Å². The number of carbonyl (C=O) groups is 1. The summed E-state index contributed by atoms with van der Waals surface area (Å²) in [4.78, 5) is 10.7. The third-order valence-corrected chi connectivity index (χ3v) is 2.79. The van der Waals surface area contributed by atoms with Gasteiger partial charge in [0.05, 0.1) is 12.6 Å². The minimum Gasteiger partial charge on any atom is -0.480 e. The monoisotopic (exact) mass is 259 g/mol. The van der Waals surface area contributed by atoms with Gasteiger partial charge in [-0.2, -0.15) is 0 Å². The first-order chi connectivity index (χ1) is 9.16. The SMILES string of the molecule is O=C(O)CNC(c1ccccc1)c1ccc(F)cc1. The van der Waals surface area contributed by atoms with E-state index in [9.17, 15) is 9.18 Å². The summed E-state index contributed by atoms with van der Waals surface area (Å²) in [6, 6.07) is 15.2. The number of hydrogen-bond donors (Lipinski definition) is 2. The topological polar surface area (TPSA) is 49.3 Å². The first kappa shape index (κ1) is 13.2. The van der Waals surface area contributed by atoms with Gasteiger partial charge in [0.25, 0.3) is 0 Å². The standard InChI is InChI=1S/C15H14FNO2/c16-13-8-6-12(7-9-13)15(17-10-14(18)19)11-4-2-1-3-5-11/h1-9,15,17H,10H2,(H,18,19). The summed E-state index contributed by atoms with van der Waals surface area (Å²) in [6.45, 7) is -0.156. The average molecular weight is 259 g/mol. The Morgan fingerprint density at radius 2 is 1.63 bits per heavy atom. The van der Waals surface area contributed by atoms with Crippen LogP contribution in [0.15, 0.2) is 54.6 Å². The molecule has 2 rings (SSSR count). The van der Waals surface area contributed by atoms with Gasteiger partial charge in [0.1, 0.15) is 5.82 Å². The van der Waals surface area contributed by atoms with Gasteiger partial charge in [-0.1, -0.05) is 42.5 Å². The van der Waals surface area contributed by atoms with Gasteiger partial charge >= 0.3 is 5.97 Å². The normalized spacial score (nSPS) is 12.1. The molecule has 2 N–H and O–H groups in total. The number of nitrogens with one attached hydrogen (secondary N) is 1. The van der Waals surface area contributed by atoms with Crippen molar-refractivity contribution >= 4 is 5.97 Å². The molecular weight excluding hydrogens is 245 g/mol. The Kier molecular flexibility index (Phi) is 4.26. The zero-order chi connectivity index (χ0) is 13.7. The van der Waals surface area contributed by atoms with Crippen molar-refractivity contribution in [3.63, 3.8) is 0 Å². The lowest BCUT2D eigenvalue weighted by Crippen LogP contribution is -2.28. The molecule has 1 atom stereocenters. The second-order valence-electron chi connectivity index (χ2n) is 4.17. The van der Waals surface area contributed by atoms with Crippen molar-refractivity contribution in [1.29, 1.82) is 0 Å². The number of hydrogen-bond acceptors (Lipinski definition) is 2. The first-order valence-corrected chi connectivity index (χ1v) is 5.92. The summed E-state index contributed by atoms with van der Waals surface area (Å²) in [6.07, 6.45) is 0. The molecule has 0 saturated carbocycles. The van der Waals surface area contributed by atoms with Crippen molar-refractivity contribution in [2.24, 2.45) is 0 Å². The predicted octanol–water partition coefficient (Wildman–Crippen LogP) is 2.59. The smallest absolute Gasteiger partial charge is 0.317 e. The van der Waals surface area contributed by atoms with Crippen LogP contribution in [0.2, 0.25) is 0 Å². The summed E-state index contributed by atoms with van der Waals surface area (Å²) in [5, 5.41) is 11.7. The summed E-state index contributed by atoms with van der Waals surface area (Å²) in [5.74, 6) is -1.24. The van der Waals surface area contributed by atoms with E-state index in [-0.39, 0.29) is 18.4 Å². The summed E-state index contributed by atoms with van der Waals surface area (Å²) < 4.78 is 13.0. The number of aliphatic carboxylic acids is 1. The molecule has 98 valence electrons. The van der Waals surface area contributed by atoms with Crippen LogP contribution >= 0.6 is 0 Å². The van der Waals surface area contributed by atoms with Crippen LogP contribution in [0.1, 0.15) is 17.2 Å². The molecule has 2 aromatic carbocycles. The van der Waals surface area contributed by atoms with Crippen LogP contribution < -0.4 is 5.32 Å². The number of rotatable bonds is 5. The fourth-order valence-corrected chi connectivity index (χ4v) is 1.92. The molecule has 0 saturated heterocycles. The quantitative estimate of drug-likeness (QED) is 0.867. The summed E-state index contributed by atoms with van der Waals surface area (Å²) >= 11 is 0. The Bertz CT molecular complexity index is 540. The lowest BCUT2D eigenvalue weighted by Gasteiger charge is -2.18. The predicted molar refractivity (Wildman–Crippen MR) is 70.3 cm³/mol. The largest absolute Gasteiger partial charge is 0.480 e. The maximum Gasteiger partial charge on any atom is 0.317 e. The molecule has 1 unspecified atom stereocenters. The van der Waals surface area contributed by atoms with Gasteiger partial charge in [0.15, 0.2) is 0 Å². The van der Waals surface area contributed by atoms with E-state index in [2.05, 4.69) is 5.32 Å². The van der Waals surface area contributed by atoms with Crippen LogP contribution in [0.25, 0.3) is 0 Å². The van der Waals surface area contributed by atoms with E-state index in [4.69, 9.17) is 5.11 Å². The Labute approximate surface area is 110 Å². The molecule has 3 nitrogen and oxygen atoms in total. The van der Waals surface area contributed by atoms with Crippen LogP contribution in [-0.2, 0) is 4.79 Å². The van der Waals surface area contributed by atoms with Crippen LogP contribution in [0.4, 0.5) is 4.39 Å². The van der Waals surface area contributed by atoms with E-state index >= 15 is 0 Å². The second kappa shape index (κ2) is 6.11. The van der Waals surface area contributed by atoms with Gasteiger partial charge in [-0.3, -0.25) is 10.1 Å². The summed E-state index contributed by atoms with van der Waals surface area (Å²) in [5.41, 5.74) is 1.77. The van der Waals surface area contributed by atoms with Gasteiger partial charge in [0, 0.05) is 0 Å². The zero-order valence-electron chi connectivity index (χ0n) is 10.2. The number of carboxylic acids is 1. The fraction of sp³-hybridized carbons (Fsp3) is 0.133. The number of carboxylic acid groups (broad SMARTS) is 1. The Hall–Kier alpha value is -2.20. The maximum atomic E-state index is 13.0. The van der Waals surface area contributed by atoms with Crippen LogP contribution in [0.3, 0.4) is 0 Å². The van der Waals surface area contributed by atoms with Crippen molar-refractivity contribution in [1.82, 2.24) is 5.32 Å². The Morgan fingerprint density at radius 3 is 2.21 bits per heavy atom. The maximum absolute atomic E-state index is 13.0. The molecule has 0 spiro atoms. The number of halogens is 1. The first-order valence-electron chi connectivity index (χ1n) is 5.92. The third kappa shape index (κ3) is 3.63. The average Bonchev–Trinajstić information content (AvgIpc) is 2.42. The molecule has 4 heteroatoms. The molecule has 2 aromatic rings. The Morgan fingerprint density at radius 1 is 1.05 bits per heavy atom. The van der Waals surface area contributed by atoms with Gasteiger partial charge in [-0.05, 0) is 23.3 Å². The van der Waals surface area contributed by atoms with Crippen molar-refractivity contribution in [3.8, 4) is 0 Å². The van der Waals surface area contributed by atoms with E-state index in [1.807, 2.05) is 30.3 Å². The molecule has 0 aliphatic rings. The molecule has 0 radical (unpaired) electrons. The molecular formula is C15H14FNO2. The molecule has 0 heterocycles. The minimum absolute atomic E-state index is 0.156. The van der Waals surface area contributed by atoms with Gasteiger partial charge in [0.2, 0.25) is 0 Å². The van der Waals surface area contributed by atoms with E-state index in [0.717, 1.165) is 11.1 Å². The second-order valence-corrected chi connectivity index (χ2v) is 4.17. The van der Waals surface area contributed by atoms with Crippen molar-refractivity contribution in [2.75, 3.05) is 6.54 Å². The van der Waals surface area contributed by atoms with Crippen molar-refractivity contribution in [2.45, 2.75) is 6.04 Å². The lowest BCUT2D eigenvalue weighted by molar-refractivity contribution is -0.136. The molecule has 19 heavy (non-hydrogen) atoms. The van der Waals surface area contributed by atoms with Crippen LogP contribution in [0, 0.1) is 5.82 Å². The fourth-order valence-electron chi connectivity index (χ4n) is 1.92. The molecule has 0 aromatic heterocycles. The minimum atomic E-state index is -0.928. The van der Waals surface area contributed by atoms with Crippen LogP contribution in [0.5, 0.6) is 0 Å². The van der Waals surface area contributed by atoms with E-state index in [1.165, 1.54) is 12.1 Å². The highest BCUT2D eigenvalue weighted by molar-refractivity contribution is 5.69. The molecule has 0 aliphatic heterocycles. The highest BCUT2D eigenvalue weighted by Crippen LogP contribution is 2.21. The van der Waals surface area contributed by atoms with Crippen LogP contribution in [-0.4, -0.2) is 17.6 Å². The van der Waals surface area contributed by atoms with Gasteiger partial charge in [-0.15, -0.1) is 0 Å². The third-order valence-electron chi connectivity index (χ3n) is 2.79. The number of benzene rings is 2. The molecule has 0 amide bonds. The summed E-state index contributed by atoms with van der Waals surface area (Å²) in [7, 11) is 0. The zero-order valence-corrected chi connectivity index (χ0v) is 10.2. The van der Waals surface area contributed by atoms with Crippen molar-refractivity contribution in [3.05, 3.63) is 71.5 Å². The van der Waals surface area contributed by atoms with Crippen molar-refractivity contribution < 1.29 is 14.3 Å². The molecule has 0 bridgehead atoms. The highest BCUT2D eigenvalue weighted by atomic mass is 19.1. The van der Waals surface area contributed by atoms with E-state index < -0.39 is 5.97 Å².